The van der Waals surface area contributed by atoms with Crippen LogP contribution in [0.25, 0.3) is 10.9 Å². The number of para-hydroxylation sites is 1. The summed E-state index contributed by atoms with van der Waals surface area (Å²) in [5.41, 5.74) is 4.39. The van der Waals surface area contributed by atoms with Crippen LogP contribution in [0.5, 0.6) is 0 Å². The summed E-state index contributed by atoms with van der Waals surface area (Å²) in [5, 5.41) is 1.41. The Morgan fingerprint density at radius 1 is 1.24 bits per heavy atom. The molecule has 2 aliphatic heterocycles. The quantitative estimate of drug-likeness (QED) is 0.788. The number of fused-ring (bicyclic) bond motifs is 5. The van der Waals surface area contributed by atoms with Crippen molar-refractivity contribution in [3.8, 4) is 0 Å². The molecular formula is C19H22N2. The number of rotatable bonds is 1. The number of aromatic nitrogens is 1. The second-order valence-electron chi connectivity index (χ2n) is 6.45. The predicted molar refractivity (Wildman–Crippen MR) is 88.5 cm³/mol. The summed E-state index contributed by atoms with van der Waals surface area (Å²) in [6, 6.07) is 8.71. The SMILES string of the molecule is C=C[C@]12C=CCN(CCc3c([nH]c4ccccc34)CC1)C2. The molecule has 1 unspecified atom stereocenters. The Hall–Kier alpha value is -1.80. The van der Waals surface area contributed by atoms with E-state index in [1.165, 1.54) is 22.2 Å². The number of aromatic amines is 1. The van der Waals surface area contributed by atoms with Crippen molar-refractivity contribution in [3.63, 3.8) is 0 Å². The van der Waals surface area contributed by atoms with E-state index in [-0.39, 0.29) is 5.41 Å². The van der Waals surface area contributed by atoms with Gasteiger partial charge in [0.05, 0.1) is 0 Å². The van der Waals surface area contributed by atoms with Gasteiger partial charge >= 0.3 is 0 Å². The van der Waals surface area contributed by atoms with Gasteiger partial charge in [-0.15, -0.1) is 6.58 Å². The Morgan fingerprint density at radius 3 is 3.05 bits per heavy atom. The fourth-order valence-corrected chi connectivity index (χ4v) is 3.92. The van der Waals surface area contributed by atoms with Crippen LogP contribution in [0.1, 0.15) is 17.7 Å². The van der Waals surface area contributed by atoms with Gasteiger partial charge in [0, 0.05) is 41.6 Å². The molecule has 3 heterocycles. The molecule has 0 spiro atoms. The maximum atomic E-state index is 4.11. The molecule has 0 saturated heterocycles. The molecule has 21 heavy (non-hydrogen) atoms. The molecule has 2 atom stereocenters. The maximum Gasteiger partial charge on any atom is 0.0458 e. The molecule has 1 aromatic heterocycles. The predicted octanol–water partition coefficient (Wildman–Crippen LogP) is 3.70. The molecule has 0 aliphatic carbocycles. The van der Waals surface area contributed by atoms with Gasteiger partial charge in [-0.05, 0) is 30.9 Å². The van der Waals surface area contributed by atoms with Crippen molar-refractivity contribution in [1.29, 1.82) is 0 Å². The van der Waals surface area contributed by atoms with E-state index in [2.05, 4.69) is 59.0 Å². The molecule has 0 fully saturated rings. The zero-order chi connectivity index (χ0) is 14.3. The van der Waals surface area contributed by atoms with E-state index in [0.29, 0.717) is 0 Å². The van der Waals surface area contributed by atoms with Crippen LogP contribution in [0.4, 0.5) is 0 Å². The van der Waals surface area contributed by atoms with Crippen LogP contribution < -0.4 is 0 Å². The monoisotopic (exact) mass is 278 g/mol. The molecule has 2 bridgehead atoms. The van der Waals surface area contributed by atoms with Crippen LogP contribution in [-0.2, 0) is 12.8 Å². The maximum absolute atomic E-state index is 4.11. The first-order chi connectivity index (χ1) is 10.3. The van der Waals surface area contributed by atoms with Crippen LogP contribution in [0.2, 0.25) is 0 Å². The number of H-pyrrole nitrogens is 1. The zero-order valence-corrected chi connectivity index (χ0v) is 12.4. The Balaban J connectivity index is 1.78. The third-order valence-corrected chi connectivity index (χ3v) is 5.16. The molecule has 2 heteroatoms. The summed E-state index contributed by atoms with van der Waals surface area (Å²) in [6.07, 6.45) is 10.2. The number of aryl methyl sites for hydroxylation is 1. The molecule has 0 saturated carbocycles. The third-order valence-electron chi connectivity index (χ3n) is 5.16. The summed E-state index contributed by atoms with van der Waals surface area (Å²) in [5.74, 6) is 0. The van der Waals surface area contributed by atoms with E-state index in [1.54, 1.807) is 0 Å². The van der Waals surface area contributed by atoms with E-state index in [4.69, 9.17) is 0 Å². The number of benzene rings is 1. The Morgan fingerprint density at radius 2 is 2.14 bits per heavy atom. The summed E-state index contributed by atoms with van der Waals surface area (Å²) in [6.45, 7) is 7.44. The third kappa shape index (κ3) is 2.14. The van der Waals surface area contributed by atoms with E-state index < -0.39 is 0 Å². The normalized spacial score (nSPS) is 28.5. The number of hydrogen-bond donors (Lipinski definition) is 1. The van der Waals surface area contributed by atoms with Crippen molar-refractivity contribution < 1.29 is 0 Å². The highest BCUT2D eigenvalue weighted by Crippen LogP contribution is 2.35. The van der Waals surface area contributed by atoms with Crippen molar-refractivity contribution >= 4 is 10.9 Å². The molecule has 1 N–H and O–H groups in total. The zero-order valence-electron chi connectivity index (χ0n) is 12.4. The van der Waals surface area contributed by atoms with Crippen molar-refractivity contribution in [2.24, 2.45) is 5.41 Å². The Kier molecular flexibility index (Phi) is 3.00. The van der Waals surface area contributed by atoms with Gasteiger partial charge in [0.15, 0.2) is 0 Å². The topological polar surface area (TPSA) is 19.0 Å². The second kappa shape index (κ2) is 4.88. The van der Waals surface area contributed by atoms with Crippen LogP contribution in [0.15, 0.2) is 49.1 Å². The van der Waals surface area contributed by atoms with E-state index >= 15 is 0 Å². The fraction of sp³-hybridized carbons (Fsp3) is 0.368. The summed E-state index contributed by atoms with van der Waals surface area (Å²) >= 11 is 0. The number of hydrogen-bond acceptors (Lipinski definition) is 1. The Labute approximate surface area is 126 Å². The summed E-state index contributed by atoms with van der Waals surface area (Å²) in [7, 11) is 0. The van der Waals surface area contributed by atoms with Crippen molar-refractivity contribution in [2.75, 3.05) is 19.6 Å². The largest absolute Gasteiger partial charge is 0.358 e. The molecule has 2 nitrogen and oxygen atoms in total. The minimum absolute atomic E-state index is 0.150. The van der Waals surface area contributed by atoms with Crippen LogP contribution >= 0.6 is 0 Å². The van der Waals surface area contributed by atoms with Crippen molar-refractivity contribution in [3.05, 3.63) is 60.3 Å². The van der Waals surface area contributed by atoms with Gasteiger partial charge in [0.2, 0.25) is 0 Å². The van der Waals surface area contributed by atoms with Gasteiger partial charge in [-0.3, -0.25) is 4.90 Å². The smallest absolute Gasteiger partial charge is 0.0458 e. The highest BCUT2D eigenvalue weighted by atomic mass is 15.1. The first-order valence-corrected chi connectivity index (χ1v) is 7.92. The fourth-order valence-electron chi connectivity index (χ4n) is 3.92. The second-order valence-corrected chi connectivity index (χ2v) is 6.45. The van der Waals surface area contributed by atoms with Gasteiger partial charge in [0.1, 0.15) is 0 Å². The van der Waals surface area contributed by atoms with Gasteiger partial charge < -0.3 is 4.98 Å². The first kappa shape index (κ1) is 12.9. The van der Waals surface area contributed by atoms with Gasteiger partial charge in [-0.2, -0.15) is 0 Å². The van der Waals surface area contributed by atoms with Gasteiger partial charge in [0.25, 0.3) is 0 Å². The van der Waals surface area contributed by atoms with E-state index in [9.17, 15) is 0 Å². The lowest BCUT2D eigenvalue weighted by Crippen LogP contribution is -2.39. The highest BCUT2D eigenvalue weighted by Gasteiger charge is 2.30. The molecule has 0 radical (unpaired) electrons. The van der Waals surface area contributed by atoms with Crippen LogP contribution in [0, 0.1) is 5.41 Å². The molecule has 1 aromatic carbocycles. The van der Waals surface area contributed by atoms with E-state index in [1.807, 2.05) is 0 Å². The molecule has 4 rings (SSSR count). The van der Waals surface area contributed by atoms with E-state index in [0.717, 1.165) is 38.9 Å². The number of nitrogens with zero attached hydrogens (tertiary/aromatic N) is 1. The number of nitrogens with one attached hydrogen (secondary N) is 1. The average molecular weight is 278 g/mol. The molecular weight excluding hydrogens is 256 g/mol. The van der Waals surface area contributed by atoms with Crippen molar-refractivity contribution in [1.82, 2.24) is 9.88 Å². The highest BCUT2D eigenvalue weighted by molar-refractivity contribution is 5.84. The lowest BCUT2D eigenvalue weighted by Gasteiger charge is -2.36. The average Bonchev–Trinajstić information content (AvgIpc) is 2.90. The molecule has 108 valence electrons. The van der Waals surface area contributed by atoms with Gasteiger partial charge in [-0.1, -0.05) is 36.4 Å². The standard InChI is InChI=1S/C19H22N2/c1-2-19-10-5-12-21(14-19)13-9-16-15-6-3-4-7-17(15)20-18(16)8-11-19/h2-7,10,20H,1,8-9,11-14H2/t19-/m0/s1. The minimum atomic E-state index is 0.150. The van der Waals surface area contributed by atoms with Crippen molar-refractivity contribution in [2.45, 2.75) is 19.3 Å². The van der Waals surface area contributed by atoms with Crippen LogP contribution in [0.3, 0.4) is 0 Å². The molecule has 2 aromatic rings. The lowest BCUT2D eigenvalue weighted by molar-refractivity contribution is 0.217. The summed E-state index contributed by atoms with van der Waals surface area (Å²) < 4.78 is 0. The lowest BCUT2D eigenvalue weighted by atomic mass is 9.80. The summed E-state index contributed by atoms with van der Waals surface area (Å²) in [4.78, 5) is 6.22. The molecule has 2 aliphatic rings. The van der Waals surface area contributed by atoms with Gasteiger partial charge in [-0.25, -0.2) is 0 Å². The minimum Gasteiger partial charge on any atom is -0.358 e. The molecule has 0 amide bonds. The first-order valence-electron chi connectivity index (χ1n) is 7.92. The Bertz CT molecular complexity index is 709. The van der Waals surface area contributed by atoms with Crippen LogP contribution in [-0.4, -0.2) is 29.5 Å².